The van der Waals surface area contributed by atoms with Crippen molar-refractivity contribution in [3.05, 3.63) is 112 Å². The zero-order chi connectivity index (χ0) is 34.3. The van der Waals surface area contributed by atoms with Gasteiger partial charge in [0, 0.05) is 0 Å². The Balaban J connectivity index is 0.00000600. The van der Waals surface area contributed by atoms with Crippen LogP contribution in [0.5, 0.6) is 0 Å². The van der Waals surface area contributed by atoms with Gasteiger partial charge in [0.2, 0.25) is 0 Å². The molecule has 0 aromatic heterocycles. The summed E-state index contributed by atoms with van der Waals surface area (Å²) < 4.78 is 0. The maximum Gasteiger partial charge on any atom is 4.00 e. The molecule has 0 aliphatic heterocycles. The van der Waals surface area contributed by atoms with Crippen molar-refractivity contribution in [3.63, 3.8) is 0 Å². The van der Waals surface area contributed by atoms with Gasteiger partial charge in [-0.2, -0.15) is 17.7 Å². The van der Waals surface area contributed by atoms with Gasteiger partial charge in [-0.3, -0.25) is 0 Å². The Bertz CT molecular complexity index is 1420. The van der Waals surface area contributed by atoms with E-state index in [1.165, 1.54) is 59.7 Å². The average Bonchev–Trinajstić information content (AvgIpc) is 3.48. The van der Waals surface area contributed by atoms with E-state index in [9.17, 15) is 0 Å². The monoisotopic (exact) mass is 784 g/mol. The SMILES string of the molecule is CC(C)c1cc(C(C)C)cc([Si](c2cc(C(C)C)cc(C(C)C)c2)(c2cc(C(C)C)cc(C(C)C)c2)[c-]2ccc(C(C)(C)C)c2)c1.[Cl-].[Cl-].[Cl-].[Ti+4]. The van der Waals surface area contributed by atoms with E-state index in [4.69, 9.17) is 0 Å². The van der Waals surface area contributed by atoms with Crippen molar-refractivity contribution in [1.82, 2.24) is 0 Å². The van der Waals surface area contributed by atoms with Gasteiger partial charge in [0.1, 0.15) is 8.07 Å². The molecule has 0 atom stereocenters. The molecule has 0 heterocycles. The first kappa shape index (κ1) is 48.8. The Morgan fingerprint density at radius 2 is 0.680 bits per heavy atom. The molecule has 0 aliphatic carbocycles. The summed E-state index contributed by atoms with van der Waals surface area (Å²) in [5, 5.41) is 6.10. The van der Waals surface area contributed by atoms with E-state index in [0.29, 0.717) is 35.5 Å². The van der Waals surface area contributed by atoms with Gasteiger partial charge in [-0.1, -0.05) is 179 Å². The van der Waals surface area contributed by atoms with Crippen LogP contribution in [-0.4, -0.2) is 8.07 Å². The predicted octanol–water partition coefficient (Wildman–Crippen LogP) is 1.83. The minimum Gasteiger partial charge on any atom is -1.00 e. The van der Waals surface area contributed by atoms with E-state index in [1.54, 1.807) is 0 Å². The molecule has 0 saturated heterocycles. The number of halogens is 3. The molecule has 0 bridgehead atoms. The molecule has 0 N–H and O–H groups in total. The van der Waals surface area contributed by atoms with Crippen LogP contribution in [0.1, 0.15) is 178 Å². The van der Waals surface area contributed by atoms with Crippen LogP contribution in [0.3, 0.4) is 0 Å². The smallest absolute Gasteiger partial charge is 1.00 e. The second kappa shape index (κ2) is 19.2. The van der Waals surface area contributed by atoms with E-state index in [0.717, 1.165) is 0 Å². The normalized spacial score (nSPS) is 11.9. The van der Waals surface area contributed by atoms with Crippen molar-refractivity contribution in [1.29, 1.82) is 0 Å². The second-order valence-electron chi connectivity index (χ2n) is 17.0. The summed E-state index contributed by atoms with van der Waals surface area (Å²) in [6.07, 6.45) is 0. The van der Waals surface area contributed by atoms with Crippen molar-refractivity contribution >= 4 is 28.8 Å². The first-order valence-electron chi connectivity index (χ1n) is 18.1. The molecule has 0 aliphatic rings. The topological polar surface area (TPSA) is 0 Å². The van der Waals surface area contributed by atoms with Gasteiger partial charge in [-0.25, -0.2) is 6.07 Å². The van der Waals surface area contributed by atoms with Gasteiger partial charge in [-0.05, 0) is 68.9 Å². The minimum absolute atomic E-state index is 0. The first-order valence-corrected chi connectivity index (χ1v) is 20.1. The largest absolute Gasteiger partial charge is 4.00 e. The molecule has 0 unspecified atom stereocenters. The van der Waals surface area contributed by atoms with Crippen molar-refractivity contribution in [3.8, 4) is 0 Å². The molecule has 0 amide bonds. The van der Waals surface area contributed by atoms with Gasteiger partial charge in [0.15, 0.2) is 0 Å². The summed E-state index contributed by atoms with van der Waals surface area (Å²) in [6, 6.07) is 30.7. The molecule has 50 heavy (non-hydrogen) atoms. The maximum absolute atomic E-state index is 2.82. The molecule has 0 nitrogen and oxygen atoms in total. The molecule has 272 valence electrons. The standard InChI is InChI=1S/C45H63Si.3ClH.Ti/c1-28(2)34-18-35(29(3)4)22-42(21-34)46(41-17-16-40(27-41)45(13,14)15,43-23-36(30(5)6)19-37(24-43)31(7)8)44-25-38(32(9)10)20-39(26-44)33(11)12;;;;/h16-33H,1-15H3;3*1H;/q-1;;;;+4/p-3. The Kier molecular flexibility index (Phi) is 18.8. The number of rotatable bonds is 10. The quantitative estimate of drug-likeness (QED) is 0.131. The van der Waals surface area contributed by atoms with Crippen LogP contribution in [0.25, 0.3) is 0 Å². The van der Waals surface area contributed by atoms with E-state index in [2.05, 4.69) is 177 Å². The van der Waals surface area contributed by atoms with E-state index < -0.39 is 8.07 Å². The average molecular weight is 786 g/mol. The van der Waals surface area contributed by atoms with Crippen LogP contribution in [0.2, 0.25) is 0 Å². The van der Waals surface area contributed by atoms with E-state index in [-0.39, 0.29) is 64.4 Å². The van der Waals surface area contributed by atoms with Crippen LogP contribution in [0.15, 0.2) is 72.8 Å². The number of hydrogen-bond donors (Lipinski definition) is 0. The summed E-state index contributed by atoms with van der Waals surface area (Å²) in [5.74, 6) is 2.72. The van der Waals surface area contributed by atoms with Crippen molar-refractivity contribution in [2.75, 3.05) is 0 Å². The summed E-state index contributed by atoms with van der Waals surface area (Å²) >= 11 is 0. The molecule has 0 spiro atoms. The Hall–Kier alpha value is -1.19. The van der Waals surface area contributed by atoms with Gasteiger partial charge in [0.05, 0.1) is 0 Å². The maximum atomic E-state index is 2.61. The van der Waals surface area contributed by atoms with Gasteiger partial charge >= 0.3 is 21.7 Å². The fraction of sp³-hybridized carbons (Fsp3) is 0.489. The van der Waals surface area contributed by atoms with Crippen LogP contribution in [0.4, 0.5) is 0 Å². The van der Waals surface area contributed by atoms with E-state index in [1.807, 2.05) is 0 Å². The van der Waals surface area contributed by atoms with Gasteiger partial charge in [0.25, 0.3) is 0 Å². The molecular formula is C45H63Cl3SiTi. The number of benzene rings is 3. The van der Waals surface area contributed by atoms with Crippen LogP contribution >= 0.6 is 0 Å². The zero-order valence-electron chi connectivity index (χ0n) is 33.5. The molecule has 0 fully saturated rings. The first-order chi connectivity index (χ1) is 21.4. The predicted molar refractivity (Wildman–Crippen MR) is 209 cm³/mol. The van der Waals surface area contributed by atoms with Crippen molar-refractivity contribution in [2.45, 2.75) is 145 Å². The molecule has 4 rings (SSSR count). The summed E-state index contributed by atoms with van der Waals surface area (Å²) in [6.45, 7) is 35.4. The third-order valence-corrected chi connectivity index (χ3v) is 14.9. The van der Waals surface area contributed by atoms with E-state index >= 15 is 0 Å². The fourth-order valence-corrected chi connectivity index (χ4v) is 11.8. The van der Waals surface area contributed by atoms with Gasteiger partial charge in [-0.15, -0.1) is 5.19 Å². The Morgan fingerprint density at radius 1 is 0.440 bits per heavy atom. The Labute approximate surface area is 341 Å². The van der Waals surface area contributed by atoms with Crippen molar-refractivity contribution in [2.24, 2.45) is 0 Å². The number of hydrogen-bond acceptors (Lipinski definition) is 0. The molecule has 4 aromatic carbocycles. The molecule has 5 heteroatoms. The van der Waals surface area contributed by atoms with Crippen molar-refractivity contribution < 1.29 is 58.9 Å². The molecular weight excluding hydrogens is 723 g/mol. The zero-order valence-corrected chi connectivity index (χ0v) is 38.4. The van der Waals surface area contributed by atoms with Crippen LogP contribution in [-0.2, 0) is 27.1 Å². The summed E-state index contributed by atoms with van der Waals surface area (Å²) in [5.41, 5.74) is 10.2. The molecule has 0 saturated carbocycles. The third kappa shape index (κ3) is 10.3. The van der Waals surface area contributed by atoms with Crippen LogP contribution in [0, 0.1) is 0 Å². The summed E-state index contributed by atoms with van der Waals surface area (Å²) in [7, 11) is -2.82. The minimum atomic E-state index is -2.82. The van der Waals surface area contributed by atoms with Crippen LogP contribution < -0.4 is 58.0 Å². The fourth-order valence-electron chi connectivity index (χ4n) is 6.82. The second-order valence-corrected chi connectivity index (χ2v) is 20.8. The van der Waals surface area contributed by atoms with Gasteiger partial charge < -0.3 is 37.2 Å². The molecule has 0 radical (unpaired) electrons. The third-order valence-electron chi connectivity index (χ3n) is 10.3. The Morgan fingerprint density at radius 3 is 0.860 bits per heavy atom. The molecule has 4 aromatic rings. The summed E-state index contributed by atoms with van der Waals surface area (Å²) in [4.78, 5) is 0.